The molecule has 174 valence electrons. The van der Waals surface area contributed by atoms with E-state index in [1.807, 2.05) is 22.1 Å². The summed E-state index contributed by atoms with van der Waals surface area (Å²) < 4.78 is 2.75. The predicted octanol–water partition coefficient (Wildman–Crippen LogP) is 4.74. The SMILES string of the molecule is O=C(NC(=Cc1cc(Br)cs1)C(=O)N1CC2CC(C1)c1cccc(=O)n1C2)c1ccc(Cl)cc1. The van der Waals surface area contributed by atoms with Crippen molar-refractivity contribution in [1.29, 1.82) is 0 Å². The Balaban J connectivity index is 1.43. The number of pyridine rings is 1. The molecule has 2 amide bonds. The Hall–Kier alpha value is -2.68. The minimum atomic E-state index is -0.374. The largest absolute Gasteiger partial charge is 0.336 e. The second kappa shape index (κ2) is 9.52. The van der Waals surface area contributed by atoms with Crippen molar-refractivity contribution in [2.75, 3.05) is 13.1 Å². The van der Waals surface area contributed by atoms with Crippen LogP contribution in [0.1, 0.15) is 33.3 Å². The van der Waals surface area contributed by atoms with E-state index in [1.54, 1.807) is 47.4 Å². The Labute approximate surface area is 214 Å². The molecule has 2 unspecified atom stereocenters. The van der Waals surface area contributed by atoms with Gasteiger partial charge < -0.3 is 14.8 Å². The summed E-state index contributed by atoms with van der Waals surface area (Å²) in [6.45, 7) is 1.64. The van der Waals surface area contributed by atoms with E-state index in [-0.39, 0.29) is 34.9 Å². The molecule has 2 aromatic heterocycles. The van der Waals surface area contributed by atoms with Gasteiger partial charge in [0.25, 0.3) is 17.4 Å². The van der Waals surface area contributed by atoms with E-state index in [2.05, 4.69) is 21.2 Å². The smallest absolute Gasteiger partial charge is 0.270 e. The first-order valence-electron chi connectivity index (χ1n) is 10.9. The third-order valence-corrected chi connectivity index (χ3v) is 8.12. The highest BCUT2D eigenvalue weighted by Crippen LogP contribution is 2.35. The molecule has 2 aliphatic heterocycles. The van der Waals surface area contributed by atoms with E-state index >= 15 is 0 Å². The second-order valence-electron chi connectivity index (χ2n) is 8.59. The molecule has 0 saturated carbocycles. The highest BCUT2D eigenvalue weighted by Gasteiger charge is 2.37. The molecule has 1 N–H and O–H groups in total. The number of piperidine rings is 1. The molecule has 3 aromatic rings. The molecule has 2 atom stereocenters. The average Bonchev–Trinajstić information content (AvgIpc) is 3.23. The minimum absolute atomic E-state index is 0.00561. The van der Waals surface area contributed by atoms with Gasteiger partial charge in [0, 0.05) is 62.6 Å². The number of aromatic nitrogens is 1. The van der Waals surface area contributed by atoms with Crippen LogP contribution in [0, 0.1) is 5.92 Å². The summed E-state index contributed by atoms with van der Waals surface area (Å²) in [4.78, 5) is 41.6. The maximum absolute atomic E-state index is 13.7. The molecule has 0 aliphatic carbocycles. The third kappa shape index (κ3) is 4.76. The first-order chi connectivity index (χ1) is 16.4. The molecule has 5 rings (SSSR count). The number of amides is 2. The lowest BCUT2D eigenvalue weighted by atomic mass is 9.83. The normalized spacial score (nSPS) is 19.5. The lowest BCUT2D eigenvalue weighted by Gasteiger charge is -2.43. The van der Waals surface area contributed by atoms with Crippen LogP contribution in [0.25, 0.3) is 6.08 Å². The maximum Gasteiger partial charge on any atom is 0.270 e. The van der Waals surface area contributed by atoms with E-state index in [4.69, 9.17) is 11.6 Å². The molecule has 0 spiro atoms. The topological polar surface area (TPSA) is 71.4 Å². The van der Waals surface area contributed by atoms with Gasteiger partial charge in [-0.25, -0.2) is 0 Å². The van der Waals surface area contributed by atoms with Gasteiger partial charge >= 0.3 is 0 Å². The van der Waals surface area contributed by atoms with Crippen molar-refractivity contribution in [2.24, 2.45) is 5.92 Å². The number of benzene rings is 1. The number of halogens is 2. The van der Waals surface area contributed by atoms with Crippen molar-refractivity contribution < 1.29 is 9.59 Å². The maximum atomic E-state index is 13.7. The van der Waals surface area contributed by atoms with Crippen LogP contribution < -0.4 is 10.9 Å². The number of nitrogens with zero attached hydrogens (tertiary/aromatic N) is 2. The lowest BCUT2D eigenvalue weighted by Crippen LogP contribution is -2.50. The number of nitrogens with one attached hydrogen (secondary N) is 1. The van der Waals surface area contributed by atoms with Crippen molar-refractivity contribution in [1.82, 2.24) is 14.8 Å². The van der Waals surface area contributed by atoms with Crippen LogP contribution in [0.4, 0.5) is 0 Å². The number of rotatable bonds is 4. The fourth-order valence-electron chi connectivity index (χ4n) is 4.73. The summed E-state index contributed by atoms with van der Waals surface area (Å²) in [5.41, 5.74) is 1.62. The van der Waals surface area contributed by atoms with Gasteiger partial charge in [-0.05, 0) is 70.7 Å². The van der Waals surface area contributed by atoms with Crippen molar-refractivity contribution in [3.8, 4) is 0 Å². The molecule has 1 saturated heterocycles. The van der Waals surface area contributed by atoms with Crippen LogP contribution in [0.15, 0.2) is 68.9 Å². The molecule has 34 heavy (non-hydrogen) atoms. The Morgan fingerprint density at radius 2 is 1.91 bits per heavy atom. The van der Waals surface area contributed by atoms with Crippen molar-refractivity contribution >= 4 is 56.8 Å². The molecular weight excluding hydrogens is 538 g/mol. The number of likely N-dealkylation sites (tertiary alicyclic amines) is 1. The molecule has 6 nitrogen and oxygen atoms in total. The molecule has 4 heterocycles. The third-order valence-electron chi connectivity index (χ3n) is 6.23. The Morgan fingerprint density at radius 3 is 2.65 bits per heavy atom. The number of fused-ring (bicyclic) bond motifs is 4. The molecule has 2 bridgehead atoms. The summed E-state index contributed by atoms with van der Waals surface area (Å²) in [5.74, 6) is -0.317. The highest BCUT2D eigenvalue weighted by molar-refractivity contribution is 9.10. The van der Waals surface area contributed by atoms with Crippen LogP contribution in [0.3, 0.4) is 0 Å². The van der Waals surface area contributed by atoms with Gasteiger partial charge in [-0.15, -0.1) is 11.3 Å². The van der Waals surface area contributed by atoms with Crippen LogP contribution in [-0.4, -0.2) is 34.4 Å². The van der Waals surface area contributed by atoms with Crippen LogP contribution >= 0.6 is 38.9 Å². The van der Waals surface area contributed by atoms with Gasteiger partial charge in [-0.3, -0.25) is 14.4 Å². The zero-order valence-electron chi connectivity index (χ0n) is 18.0. The zero-order chi connectivity index (χ0) is 23.8. The van der Waals surface area contributed by atoms with Gasteiger partial charge in [0.1, 0.15) is 5.70 Å². The number of hydrogen-bond acceptors (Lipinski definition) is 4. The Kier molecular flexibility index (Phi) is 6.46. The van der Waals surface area contributed by atoms with E-state index in [9.17, 15) is 14.4 Å². The summed E-state index contributed by atoms with van der Waals surface area (Å²) in [5, 5.41) is 5.28. The first-order valence-corrected chi connectivity index (χ1v) is 12.9. The van der Waals surface area contributed by atoms with Crippen molar-refractivity contribution in [2.45, 2.75) is 18.9 Å². The number of carbonyl (C=O) groups excluding carboxylic acids is 2. The van der Waals surface area contributed by atoms with Crippen LogP contribution in [0.5, 0.6) is 0 Å². The van der Waals surface area contributed by atoms with Crippen LogP contribution in [0.2, 0.25) is 5.02 Å². The quantitative estimate of drug-likeness (QED) is 0.470. The number of thiophene rings is 1. The fraction of sp³-hybridized carbons (Fsp3) is 0.240. The number of carbonyl (C=O) groups is 2. The summed E-state index contributed by atoms with van der Waals surface area (Å²) in [6.07, 6.45) is 2.66. The van der Waals surface area contributed by atoms with Crippen molar-refractivity contribution in [3.05, 3.63) is 95.6 Å². The number of hydrogen-bond donors (Lipinski definition) is 1. The summed E-state index contributed by atoms with van der Waals surface area (Å²) in [6, 6.07) is 13.8. The van der Waals surface area contributed by atoms with E-state index in [1.165, 1.54) is 11.3 Å². The minimum Gasteiger partial charge on any atom is -0.336 e. The van der Waals surface area contributed by atoms with Gasteiger partial charge in [0.15, 0.2) is 0 Å². The molecule has 1 aromatic carbocycles. The Bertz CT molecular complexity index is 1350. The monoisotopic (exact) mass is 557 g/mol. The van der Waals surface area contributed by atoms with E-state index in [0.29, 0.717) is 30.2 Å². The summed E-state index contributed by atoms with van der Waals surface area (Å²) in [7, 11) is 0. The van der Waals surface area contributed by atoms with Gasteiger partial charge in [0.2, 0.25) is 0 Å². The zero-order valence-corrected chi connectivity index (χ0v) is 21.2. The average molecular weight is 559 g/mol. The molecule has 9 heteroatoms. The molecule has 2 aliphatic rings. The second-order valence-corrected chi connectivity index (χ2v) is 10.9. The van der Waals surface area contributed by atoms with Gasteiger partial charge in [-0.2, -0.15) is 0 Å². The standard InChI is InChI=1S/C25H21BrClN3O3S/c26-18-9-20(34-14-18)10-21(28-24(32)16-4-6-19(27)7-5-16)25(33)29-11-15-8-17(13-29)22-2-1-3-23(31)30(22)12-15/h1-7,9-10,14-15,17H,8,11-13H2,(H,28,32). The molecule has 1 fully saturated rings. The van der Waals surface area contributed by atoms with E-state index < -0.39 is 0 Å². The Morgan fingerprint density at radius 1 is 1.12 bits per heavy atom. The highest BCUT2D eigenvalue weighted by atomic mass is 79.9. The summed E-state index contributed by atoms with van der Waals surface area (Å²) >= 11 is 10.9. The van der Waals surface area contributed by atoms with Crippen LogP contribution in [-0.2, 0) is 11.3 Å². The van der Waals surface area contributed by atoms with E-state index in [0.717, 1.165) is 21.5 Å². The van der Waals surface area contributed by atoms with Gasteiger partial charge in [-0.1, -0.05) is 17.7 Å². The molecular formula is C25H21BrClN3O3S. The lowest BCUT2D eigenvalue weighted by molar-refractivity contribution is -0.130. The molecule has 0 radical (unpaired) electrons. The first kappa shape index (κ1) is 23.1. The van der Waals surface area contributed by atoms with Crippen molar-refractivity contribution in [3.63, 3.8) is 0 Å². The fourth-order valence-corrected chi connectivity index (χ4v) is 6.23. The van der Waals surface area contributed by atoms with Gasteiger partial charge in [0.05, 0.1) is 0 Å². The predicted molar refractivity (Wildman–Crippen MR) is 137 cm³/mol.